The highest BCUT2D eigenvalue weighted by atomic mass is 32.1. The zero-order valence-electron chi connectivity index (χ0n) is 16.4. The number of rotatable bonds is 5. The van der Waals surface area contributed by atoms with E-state index in [0.717, 1.165) is 22.1 Å². The minimum Gasteiger partial charge on any atom is -0.484 e. The topological polar surface area (TPSA) is 113 Å². The molecule has 8 nitrogen and oxygen atoms in total. The number of hydrogen-bond donors (Lipinski definition) is 1. The fourth-order valence-electron chi connectivity index (χ4n) is 3.28. The van der Waals surface area contributed by atoms with Crippen LogP contribution in [0.1, 0.15) is 11.1 Å². The van der Waals surface area contributed by atoms with E-state index < -0.39 is 5.91 Å². The van der Waals surface area contributed by atoms with Gasteiger partial charge in [-0.05, 0) is 36.8 Å². The molecule has 0 spiro atoms. The van der Waals surface area contributed by atoms with Crippen LogP contribution in [0.2, 0.25) is 0 Å². The van der Waals surface area contributed by atoms with E-state index in [0.29, 0.717) is 26.8 Å². The van der Waals surface area contributed by atoms with Crippen LogP contribution in [0.4, 0.5) is 0 Å². The largest absolute Gasteiger partial charge is 0.484 e. The molecule has 1 amide bonds. The van der Waals surface area contributed by atoms with Gasteiger partial charge in [0, 0.05) is 10.9 Å². The Morgan fingerprint density at radius 3 is 2.71 bits per heavy atom. The van der Waals surface area contributed by atoms with E-state index in [1.54, 1.807) is 30.3 Å². The van der Waals surface area contributed by atoms with Crippen LogP contribution in [0.5, 0.6) is 5.75 Å². The monoisotopic (exact) mass is 432 g/mol. The predicted molar refractivity (Wildman–Crippen MR) is 117 cm³/mol. The van der Waals surface area contributed by atoms with Gasteiger partial charge in [-0.2, -0.15) is 9.50 Å². The first-order valence-corrected chi connectivity index (χ1v) is 10.2. The maximum atomic E-state index is 12.8. The number of para-hydroxylation sites is 1. The Labute approximate surface area is 179 Å². The summed E-state index contributed by atoms with van der Waals surface area (Å²) in [4.78, 5) is 28.6. The van der Waals surface area contributed by atoms with Crippen LogP contribution >= 0.6 is 11.3 Å². The van der Waals surface area contributed by atoms with E-state index in [1.807, 2.05) is 31.2 Å². The van der Waals surface area contributed by atoms with Gasteiger partial charge >= 0.3 is 0 Å². The molecule has 0 atom stereocenters. The fraction of sp³-hybridized carbons (Fsp3) is 0.0909. The van der Waals surface area contributed by atoms with Gasteiger partial charge in [-0.1, -0.05) is 41.7 Å². The zero-order valence-corrected chi connectivity index (χ0v) is 17.2. The van der Waals surface area contributed by atoms with Gasteiger partial charge in [0.05, 0.1) is 4.53 Å². The van der Waals surface area contributed by atoms with Crippen LogP contribution in [-0.2, 0) is 4.79 Å². The fourth-order valence-corrected chi connectivity index (χ4v) is 4.19. The molecular formula is C22H16N4O4S. The van der Waals surface area contributed by atoms with E-state index >= 15 is 0 Å². The summed E-state index contributed by atoms with van der Waals surface area (Å²) >= 11 is 1.25. The van der Waals surface area contributed by atoms with Gasteiger partial charge in [0.25, 0.3) is 11.5 Å². The molecule has 5 rings (SSSR count). The van der Waals surface area contributed by atoms with Crippen molar-refractivity contribution >= 4 is 39.3 Å². The van der Waals surface area contributed by atoms with Gasteiger partial charge in [0.2, 0.25) is 10.8 Å². The maximum absolute atomic E-state index is 12.8. The molecule has 0 aliphatic carbocycles. The third-order valence-electron chi connectivity index (χ3n) is 4.79. The smallest absolute Gasteiger partial charge is 0.291 e. The lowest BCUT2D eigenvalue weighted by atomic mass is 10.1. The highest BCUT2D eigenvalue weighted by Gasteiger charge is 2.18. The minimum atomic E-state index is -0.543. The summed E-state index contributed by atoms with van der Waals surface area (Å²) in [6.45, 7) is 1.76. The van der Waals surface area contributed by atoms with Gasteiger partial charge in [0.1, 0.15) is 11.3 Å². The lowest BCUT2D eigenvalue weighted by Gasteiger charge is -2.03. The van der Waals surface area contributed by atoms with Crippen molar-refractivity contribution in [1.29, 1.82) is 0 Å². The number of primary amides is 1. The number of carbonyl (C=O) groups is 1. The second-order valence-electron chi connectivity index (χ2n) is 6.92. The molecular weight excluding hydrogens is 416 g/mol. The maximum Gasteiger partial charge on any atom is 0.291 e. The van der Waals surface area contributed by atoms with Crippen molar-refractivity contribution in [2.45, 2.75) is 6.92 Å². The SMILES string of the molecule is Cc1c(-c2nc3s/c(=C\c4ccc(OCC(N)=O)cc4)c(=O)n3n2)oc2ccccc12. The van der Waals surface area contributed by atoms with Crippen LogP contribution in [0, 0.1) is 6.92 Å². The first-order valence-electron chi connectivity index (χ1n) is 9.40. The molecule has 0 saturated carbocycles. The van der Waals surface area contributed by atoms with E-state index in [9.17, 15) is 9.59 Å². The van der Waals surface area contributed by atoms with Gasteiger partial charge in [-0.15, -0.1) is 5.10 Å². The molecule has 0 unspecified atom stereocenters. The van der Waals surface area contributed by atoms with Crippen molar-refractivity contribution in [3.8, 4) is 17.3 Å². The van der Waals surface area contributed by atoms with Crippen molar-refractivity contribution in [3.05, 3.63) is 74.5 Å². The standard InChI is InChI=1S/C22H16N4O4S/c1-12-15-4-2-3-5-16(15)30-19(12)20-24-22-26(25-20)21(28)17(31-22)10-13-6-8-14(9-7-13)29-11-18(23)27/h2-10H,11H2,1H3,(H2,23,27)/b17-10-. The third kappa shape index (κ3) is 3.44. The molecule has 154 valence electrons. The summed E-state index contributed by atoms with van der Waals surface area (Å²) in [5.41, 5.74) is 7.32. The summed E-state index contributed by atoms with van der Waals surface area (Å²) in [5, 5.41) is 5.38. The molecule has 31 heavy (non-hydrogen) atoms. The van der Waals surface area contributed by atoms with Crippen LogP contribution in [-0.4, -0.2) is 27.1 Å². The summed E-state index contributed by atoms with van der Waals surface area (Å²) < 4.78 is 13.0. The van der Waals surface area contributed by atoms with Gasteiger partial charge in [0.15, 0.2) is 12.4 Å². The first kappa shape index (κ1) is 19.0. The molecule has 3 heterocycles. The number of fused-ring (bicyclic) bond motifs is 2. The summed E-state index contributed by atoms with van der Waals surface area (Å²) in [6.07, 6.45) is 1.76. The van der Waals surface area contributed by atoms with E-state index in [2.05, 4.69) is 10.1 Å². The number of benzene rings is 2. The normalized spacial score (nSPS) is 12.1. The second-order valence-corrected chi connectivity index (χ2v) is 7.93. The number of aryl methyl sites for hydroxylation is 1. The average Bonchev–Trinajstić information content (AvgIpc) is 3.41. The van der Waals surface area contributed by atoms with Crippen molar-refractivity contribution in [2.75, 3.05) is 6.61 Å². The van der Waals surface area contributed by atoms with Crippen molar-refractivity contribution in [3.63, 3.8) is 0 Å². The number of furan rings is 1. The van der Waals surface area contributed by atoms with Crippen LogP contribution < -0.4 is 20.6 Å². The molecule has 3 aromatic heterocycles. The molecule has 5 aromatic rings. The number of amides is 1. The predicted octanol–water partition coefficient (Wildman–Crippen LogP) is 2.28. The lowest BCUT2D eigenvalue weighted by molar-refractivity contribution is -0.119. The van der Waals surface area contributed by atoms with E-state index in [1.165, 1.54) is 15.9 Å². The molecule has 0 bridgehead atoms. The Kier molecular flexibility index (Phi) is 4.52. The number of hydrogen-bond acceptors (Lipinski definition) is 7. The highest BCUT2D eigenvalue weighted by Crippen LogP contribution is 2.31. The second kappa shape index (κ2) is 7.37. The molecule has 2 aromatic carbocycles. The molecule has 0 fully saturated rings. The van der Waals surface area contributed by atoms with Crippen molar-refractivity contribution in [2.24, 2.45) is 5.73 Å². The first-order chi connectivity index (χ1) is 15.0. The van der Waals surface area contributed by atoms with Gasteiger partial charge < -0.3 is 14.9 Å². The number of ether oxygens (including phenoxy) is 1. The van der Waals surface area contributed by atoms with Crippen LogP contribution in [0.3, 0.4) is 0 Å². The molecule has 0 aliphatic heterocycles. The lowest BCUT2D eigenvalue weighted by Crippen LogP contribution is -2.23. The average molecular weight is 432 g/mol. The van der Waals surface area contributed by atoms with Crippen LogP contribution in [0.15, 0.2) is 57.7 Å². The summed E-state index contributed by atoms with van der Waals surface area (Å²) in [6, 6.07) is 14.7. The van der Waals surface area contributed by atoms with Crippen molar-refractivity contribution in [1.82, 2.24) is 14.6 Å². The number of nitrogens with zero attached hydrogens (tertiary/aromatic N) is 3. The molecule has 0 saturated heterocycles. The molecule has 0 aliphatic rings. The molecule has 9 heteroatoms. The zero-order chi connectivity index (χ0) is 21.5. The Bertz CT molecular complexity index is 1550. The number of aromatic nitrogens is 3. The Hall–Kier alpha value is -3.98. The van der Waals surface area contributed by atoms with Gasteiger partial charge in [-0.3, -0.25) is 9.59 Å². The number of carbonyl (C=O) groups excluding carboxylic acids is 1. The Morgan fingerprint density at radius 2 is 2.00 bits per heavy atom. The Balaban J connectivity index is 1.49. The van der Waals surface area contributed by atoms with Crippen molar-refractivity contribution < 1.29 is 13.9 Å². The molecule has 0 radical (unpaired) electrons. The number of thiazole rings is 1. The highest BCUT2D eigenvalue weighted by molar-refractivity contribution is 7.15. The molecule has 2 N–H and O–H groups in total. The third-order valence-corrected chi connectivity index (χ3v) is 5.75. The number of nitrogens with two attached hydrogens (primary N) is 1. The Morgan fingerprint density at radius 1 is 1.23 bits per heavy atom. The quantitative estimate of drug-likeness (QED) is 0.456. The summed E-state index contributed by atoms with van der Waals surface area (Å²) in [5.74, 6) is 0.929. The minimum absolute atomic E-state index is 0.186. The van der Waals surface area contributed by atoms with Crippen LogP contribution in [0.25, 0.3) is 33.6 Å². The van der Waals surface area contributed by atoms with Gasteiger partial charge in [-0.25, -0.2) is 0 Å². The summed E-state index contributed by atoms with van der Waals surface area (Å²) in [7, 11) is 0. The van der Waals surface area contributed by atoms with E-state index in [4.69, 9.17) is 14.9 Å². The van der Waals surface area contributed by atoms with E-state index in [-0.39, 0.29) is 12.2 Å².